The zero-order valence-electron chi connectivity index (χ0n) is 19.2. The Hall–Kier alpha value is -4.59. The highest BCUT2D eigenvalue weighted by atomic mass is 19.1. The molecule has 2 aromatic carbocycles. The molecule has 3 aromatic heterocycles. The number of pyridine rings is 2. The maximum atomic E-state index is 15.3. The number of aromatic nitrogens is 4. The van der Waals surface area contributed by atoms with Crippen molar-refractivity contribution in [3.63, 3.8) is 0 Å². The van der Waals surface area contributed by atoms with Crippen molar-refractivity contribution >= 4 is 16.8 Å². The van der Waals surface area contributed by atoms with Crippen LogP contribution in [0, 0.1) is 12.7 Å². The molecule has 7 nitrogen and oxygen atoms in total. The first kappa shape index (κ1) is 22.2. The van der Waals surface area contributed by atoms with Crippen molar-refractivity contribution in [3.05, 3.63) is 102 Å². The van der Waals surface area contributed by atoms with E-state index < -0.39 is 5.82 Å². The van der Waals surface area contributed by atoms with Crippen LogP contribution in [0.15, 0.2) is 79.5 Å². The van der Waals surface area contributed by atoms with Gasteiger partial charge in [-0.15, -0.1) is 0 Å². The lowest BCUT2D eigenvalue weighted by molar-refractivity contribution is 0.0950. The highest BCUT2D eigenvalue weighted by Gasteiger charge is 2.16. The lowest BCUT2D eigenvalue weighted by Crippen LogP contribution is -2.23. The molecule has 0 unspecified atom stereocenters. The van der Waals surface area contributed by atoms with Crippen LogP contribution in [0.5, 0.6) is 11.5 Å². The van der Waals surface area contributed by atoms with Crippen molar-refractivity contribution in [2.75, 3.05) is 0 Å². The number of carbonyl (C=O) groups excluding carboxylic acids is 1. The van der Waals surface area contributed by atoms with Crippen LogP contribution in [0.1, 0.15) is 21.5 Å². The molecule has 0 fully saturated rings. The Kier molecular flexibility index (Phi) is 5.93. The smallest absolute Gasteiger partial charge is 0.251 e. The first-order valence-corrected chi connectivity index (χ1v) is 11.0. The zero-order valence-corrected chi connectivity index (χ0v) is 19.2. The summed E-state index contributed by atoms with van der Waals surface area (Å²) in [4.78, 5) is 21.1. The minimum Gasteiger partial charge on any atom is -0.456 e. The summed E-state index contributed by atoms with van der Waals surface area (Å²) in [6.07, 6.45) is 8.42. The SMILES string of the molecule is Cc1c(Oc2ccnc3cc(-c4cnn(C)c4)cc(F)c23)cccc1C(=O)NCc1ccncc1. The molecule has 174 valence electrons. The highest BCUT2D eigenvalue weighted by Crippen LogP contribution is 2.35. The molecule has 0 radical (unpaired) electrons. The molecule has 5 aromatic rings. The molecule has 0 saturated heterocycles. The monoisotopic (exact) mass is 467 g/mol. The number of nitrogens with one attached hydrogen (secondary N) is 1. The number of ether oxygens (including phenoxy) is 1. The van der Waals surface area contributed by atoms with E-state index in [1.54, 1.807) is 73.8 Å². The van der Waals surface area contributed by atoms with Gasteiger partial charge >= 0.3 is 0 Å². The van der Waals surface area contributed by atoms with E-state index in [1.165, 1.54) is 6.07 Å². The predicted octanol–water partition coefficient (Wildman–Crippen LogP) is 5.20. The van der Waals surface area contributed by atoms with Gasteiger partial charge in [0.15, 0.2) is 0 Å². The summed E-state index contributed by atoms with van der Waals surface area (Å²) in [6, 6.07) is 13.8. The Morgan fingerprint density at radius 2 is 1.89 bits per heavy atom. The van der Waals surface area contributed by atoms with Gasteiger partial charge < -0.3 is 10.1 Å². The van der Waals surface area contributed by atoms with Gasteiger partial charge in [-0.3, -0.25) is 19.4 Å². The average Bonchev–Trinajstić information content (AvgIpc) is 3.30. The van der Waals surface area contributed by atoms with Crippen LogP contribution >= 0.6 is 0 Å². The van der Waals surface area contributed by atoms with E-state index in [1.807, 2.05) is 18.3 Å². The summed E-state index contributed by atoms with van der Waals surface area (Å²) < 4.78 is 23.0. The van der Waals surface area contributed by atoms with E-state index in [0.717, 1.165) is 11.1 Å². The van der Waals surface area contributed by atoms with Crippen LogP contribution in [-0.2, 0) is 13.6 Å². The van der Waals surface area contributed by atoms with Gasteiger partial charge in [0.1, 0.15) is 17.3 Å². The predicted molar refractivity (Wildman–Crippen MR) is 131 cm³/mol. The van der Waals surface area contributed by atoms with E-state index in [4.69, 9.17) is 4.74 Å². The summed E-state index contributed by atoms with van der Waals surface area (Å²) in [7, 11) is 1.81. The molecule has 0 bridgehead atoms. The average molecular weight is 468 g/mol. The van der Waals surface area contributed by atoms with Crippen molar-refractivity contribution in [2.45, 2.75) is 13.5 Å². The molecule has 0 spiro atoms. The number of hydrogen-bond donors (Lipinski definition) is 1. The minimum absolute atomic E-state index is 0.225. The summed E-state index contributed by atoms with van der Waals surface area (Å²) in [5.74, 6) is 0.109. The zero-order chi connectivity index (χ0) is 24.4. The van der Waals surface area contributed by atoms with E-state index in [-0.39, 0.29) is 11.3 Å². The van der Waals surface area contributed by atoms with Gasteiger partial charge in [-0.05, 0) is 60.5 Å². The van der Waals surface area contributed by atoms with E-state index >= 15 is 4.39 Å². The second-order valence-electron chi connectivity index (χ2n) is 8.13. The van der Waals surface area contributed by atoms with Crippen molar-refractivity contribution in [1.29, 1.82) is 0 Å². The number of benzene rings is 2. The Morgan fingerprint density at radius 1 is 1.06 bits per heavy atom. The number of fused-ring (bicyclic) bond motifs is 1. The first-order chi connectivity index (χ1) is 17.0. The highest BCUT2D eigenvalue weighted by molar-refractivity contribution is 5.96. The Bertz CT molecular complexity index is 1530. The summed E-state index contributed by atoms with van der Waals surface area (Å²) in [5.41, 5.74) is 4.01. The Labute approximate surface area is 201 Å². The maximum absolute atomic E-state index is 15.3. The number of amides is 1. The van der Waals surface area contributed by atoms with Gasteiger partial charge in [-0.25, -0.2) is 4.39 Å². The van der Waals surface area contributed by atoms with Crippen molar-refractivity contribution in [2.24, 2.45) is 7.05 Å². The third-order valence-corrected chi connectivity index (χ3v) is 5.74. The van der Waals surface area contributed by atoms with Gasteiger partial charge in [0.25, 0.3) is 5.91 Å². The van der Waals surface area contributed by atoms with Gasteiger partial charge in [-0.1, -0.05) is 6.07 Å². The van der Waals surface area contributed by atoms with Crippen LogP contribution in [0.2, 0.25) is 0 Å². The van der Waals surface area contributed by atoms with E-state index in [2.05, 4.69) is 20.4 Å². The summed E-state index contributed by atoms with van der Waals surface area (Å²) in [6.45, 7) is 2.18. The number of rotatable bonds is 6. The lowest BCUT2D eigenvalue weighted by atomic mass is 10.1. The Balaban J connectivity index is 1.43. The second-order valence-corrected chi connectivity index (χ2v) is 8.13. The third kappa shape index (κ3) is 4.59. The largest absolute Gasteiger partial charge is 0.456 e. The van der Waals surface area contributed by atoms with E-state index in [9.17, 15) is 4.79 Å². The maximum Gasteiger partial charge on any atom is 0.251 e. The van der Waals surface area contributed by atoms with Gasteiger partial charge in [0, 0.05) is 55.1 Å². The standard InChI is InChI=1S/C27H22FN5O2/c1-17-21(27(34)31-14-18-6-9-29-10-7-18)4-3-5-24(17)35-25-8-11-30-23-13-19(12-22(28)26(23)25)20-15-32-33(2)16-20/h3-13,15-16H,14H2,1-2H3,(H,31,34). The van der Waals surface area contributed by atoms with Crippen molar-refractivity contribution < 1.29 is 13.9 Å². The molecule has 5 rings (SSSR count). The molecule has 1 amide bonds. The molecular weight excluding hydrogens is 445 g/mol. The molecule has 35 heavy (non-hydrogen) atoms. The number of carbonyl (C=O) groups is 1. The quantitative estimate of drug-likeness (QED) is 0.371. The second kappa shape index (κ2) is 9.34. The minimum atomic E-state index is -0.451. The summed E-state index contributed by atoms with van der Waals surface area (Å²) in [5, 5.41) is 7.33. The normalized spacial score (nSPS) is 10.9. The molecule has 0 aliphatic rings. The molecule has 0 aliphatic heterocycles. The molecule has 3 heterocycles. The topological polar surface area (TPSA) is 81.9 Å². The molecule has 0 saturated carbocycles. The number of nitrogens with zero attached hydrogens (tertiary/aromatic N) is 4. The number of hydrogen-bond acceptors (Lipinski definition) is 5. The number of aryl methyl sites for hydroxylation is 1. The first-order valence-electron chi connectivity index (χ1n) is 11.0. The molecular formula is C27H22FN5O2. The van der Waals surface area contributed by atoms with Crippen LogP contribution in [0.25, 0.3) is 22.0 Å². The van der Waals surface area contributed by atoms with Gasteiger partial charge in [0.05, 0.1) is 17.1 Å². The molecule has 8 heteroatoms. The van der Waals surface area contributed by atoms with Crippen molar-refractivity contribution in [3.8, 4) is 22.6 Å². The van der Waals surface area contributed by atoms with Crippen LogP contribution in [0.3, 0.4) is 0 Å². The van der Waals surface area contributed by atoms with Gasteiger partial charge in [-0.2, -0.15) is 5.10 Å². The molecule has 0 atom stereocenters. The Morgan fingerprint density at radius 3 is 2.66 bits per heavy atom. The third-order valence-electron chi connectivity index (χ3n) is 5.74. The van der Waals surface area contributed by atoms with Gasteiger partial charge in [0.2, 0.25) is 0 Å². The number of halogens is 1. The fourth-order valence-corrected chi connectivity index (χ4v) is 3.90. The lowest BCUT2D eigenvalue weighted by Gasteiger charge is -2.14. The fourth-order valence-electron chi connectivity index (χ4n) is 3.90. The van der Waals surface area contributed by atoms with Crippen molar-refractivity contribution in [1.82, 2.24) is 25.1 Å². The van der Waals surface area contributed by atoms with Crippen LogP contribution in [0.4, 0.5) is 4.39 Å². The van der Waals surface area contributed by atoms with Crippen LogP contribution in [-0.4, -0.2) is 25.7 Å². The summed E-state index contributed by atoms with van der Waals surface area (Å²) >= 11 is 0. The fraction of sp³-hybridized carbons (Fsp3) is 0.111. The molecule has 1 N–H and O–H groups in total. The van der Waals surface area contributed by atoms with E-state index in [0.29, 0.717) is 40.3 Å². The van der Waals surface area contributed by atoms with Crippen LogP contribution < -0.4 is 10.1 Å². The molecule has 0 aliphatic carbocycles.